The van der Waals surface area contributed by atoms with Crippen molar-refractivity contribution >= 4 is 5.91 Å². The van der Waals surface area contributed by atoms with E-state index in [-0.39, 0.29) is 11.9 Å². The maximum Gasteiger partial charge on any atom is 0.227 e. The van der Waals surface area contributed by atoms with E-state index in [9.17, 15) is 4.79 Å². The fraction of sp³-hybridized carbons (Fsp3) is 0.333. The Hall–Kier alpha value is -2.96. The van der Waals surface area contributed by atoms with Crippen molar-refractivity contribution in [3.05, 3.63) is 59.7 Å². The molecule has 25 heavy (non-hydrogen) atoms. The summed E-state index contributed by atoms with van der Waals surface area (Å²) in [4.78, 5) is 14.7. The standard InChI is InChI=1S/C18H20N6O/c1-13-17-4-3-9-22(17)10-11-23(13)18(25)12-15-5-7-16(8-6-15)24-14(2)19-20-21-24/h3-9,13H,10-12H2,1-2H3. The number of hydrogen-bond acceptors (Lipinski definition) is 4. The zero-order valence-corrected chi connectivity index (χ0v) is 14.3. The van der Waals surface area contributed by atoms with Crippen molar-refractivity contribution in [1.29, 1.82) is 0 Å². The smallest absolute Gasteiger partial charge is 0.227 e. The SMILES string of the molecule is Cc1nnnn1-c1ccc(CC(=O)N2CCn3cccc3C2C)cc1. The second-order valence-corrected chi connectivity index (χ2v) is 6.37. The van der Waals surface area contributed by atoms with Crippen LogP contribution in [0.4, 0.5) is 0 Å². The topological polar surface area (TPSA) is 68.8 Å². The summed E-state index contributed by atoms with van der Waals surface area (Å²) >= 11 is 0. The van der Waals surface area contributed by atoms with E-state index in [4.69, 9.17) is 0 Å². The molecule has 0 spiro atoms. The van der Waals surface area contributed by atoms with Gasteiger partial charge in [0.25, 0.3) is 0 Å². The number of nitrogens with zero attached hydrogens (tertiary/aromatic N) is 6. The normalized spacial score (nSPS) is 16.7. The third-order valence-corrected chi connectivity index (χ3v) is 4.82. The van der Waals surface area contributed by atoms with E-state index in [0.29, 0.717) is 6.42 Å². The molecular weight excluding hydrogens is 316 g/mol. The number of amides is 1. The van der Waals surface area contributed by atoms with Crippen molar-refractivity contribution < 1.29 is 4.79 Å². The molecule has 128 valence electrons. The number of carbonyl (C=O) groups excluding carboxylic acids is 1. The Kier molecular flexibility index (Phi) is 3.83. The number of tetrazole rings is 1. The Morgan fingerprint density at radius 1 is 1.20 bits per heavy atom. The molecule has 0 N–H and O–H groups in total. The van der Waals surface area contributed by atoms with Crippen molar-refractivity contribution in [2.24, 2.45) is 0 Å². The number of fused-ring (bicyclic) bond motifs is 1. The van der Waals surface area contributed by atoms with Gasteiger partial charge in [-0.3, -0.25) is 4.79 Å². The molecule has 0 bridgehead atoms. The highest BCUT2D eigenvalue weighted by Gasteiger charge is 2.27. The molecule has 1 aromatic carbocycles. The van der Waals surface area contributed by atoms with E-state index >= 15 is 0 Å². The molecule has 0 aliphatic carbocycles. The van der Waals surface area contributed by atoms with Gasteiger partial charge >= 0.3 is 0 Å². The molecule has 3 heterocycles. The number of aromatic nitrogens is 5. The number of benzene rings is 1. The van der Waals surface area contributed by atoms with E-state index < -0.39 is 0 Å². The summed E-state index contributed by atoms with van der Waals surface area (Å²) in [5.74, 6) is 0.889. The summed E-state index contributed by atoms with van der Waals surface area (Å²) in [6, 6.07) is 12.1. The van der Waals surface area contributed by atoms with Gasteiger partial charge in [-0.05, 0) is 54.1 Å². The van der Waals surface area contributed by atoms with E-state index in [0.717, 1.165) is 30.2 Å². The Balaban J connectivity index is 1.47. The molecule has 0 fully saturated rings. The summed E-state index contributed by atoms with van der Waals surface area (Å²) in [5, 5.41) is 11.5. The van der Waals surface area contributed by atoms with E-state index in [2.05, 4.69) is 39.3 Å². The molecule has 4 rings (SSSR count). The van der Waals surface area contributed by atoms with Crippen LogP contribution in [0.1, 0.15) is 30.0 Å². The lowest BCUT2D eigenvalue weighted by Gasteiger charge is -2.35. The molecule has 0 saturated heterocycles. The fourth-order valence-corrected chi connectivity index (χ4v) is 3.42. The van der Waals surface area contributed by atoms with Crippen LogP contribution in [-0.4, -0.2) is 42.1 Å². The average molecular weight is 336 g/mol. The minimum absolute atomic E-state index is 0.111. The van der Waals surface area contributed by atoms with Gasteiger partial charge in [-0.1, -0.05) is 12.1 Å². The first-order valence-electron chi connectivity index (χ1n) is 8.42. The highest BCUT2D eigenvalue weighted by molar-refractivity contribution is 5.79. The molecule has 3 aromatic rings. The van der Waals surface area contributed by atoms with Gasteiger partial charge in [0.05, 0.1) is 18.2 Å². The molecule has 7 heteroatoms. The molecule has 1 atom stereocenters. The minimum atomic E-state index is 0.111. The Labute approximate surface area is 145 Å². The van der Waals surface area contributed by atoms with Crippen LogP contribution in [-0.2, 0) is 17.8 Å². The van der Waals surface area contributed by atoms with Crippen molar-refractivity contribution in [3.63, 3.8) is 0 Å². The third-order valence-electron chi connectivity index (χ3n) is 4.82. The summed E-state index contributed by atoms with van der Waals surface area (Å²) < 4.78 is 3.89. The van der Waals surface area contributed by atoms with Gasteiger partial charge < -0.3 is 9.47 Å². The highest BCUT2D eigenvalue weighted by Crippen LogP contribution is 2.26. The molecule has 0 radical (unpaired) electrons. The largest absolute Gasteiger partial charge is 0.348 e. The monoisotopic (exact) mass is 336 g/mol. The lowest BCUT2D eigenvalue weighted by molar-refractivity contribution is -0.133. The van der Waals surface area contributed by atoms with Gasteiger partial charge in [0.1, 0.15) is 0 Å². The highest BCUT2D eigenvalue weighted by atomic mass is 16.2. The number of rotatable bonds is 3. The first kappa shape index (κ1) is 15.6. The van der Waals surface area contributed by atoms with E-state index in [1.165, 1.54) is 5.69 Å². The van der Waals surface area contributed by atoms with Crippen LogP contribution in [0.15, 0.2) is 42.6 Å². The van der Waals surface area contributed by atoms with Crippen molar-refractivity contribution in [3.8, 4) is 5.69 Å². The van der Waals surface area contributed by atoms with Crippen LogP contribution in [0.2, 0.25) is 0 Å². The van der Waals surface area contributed by atoms with Gasteiger partial charge in [-0.2, -0.15) is 4.68 Å². The summed E-state index contributed by atoms with van der Waals surface area (Å²) in [6.07, 6.45) is 2.48. The zero-order chi connectivity index (χ0) is 17.4. The Bertz CT molecular complexity index is 894. The molecule has 1 aliphatic heterocycles. The van der Waals surface area contributed by atoms with Gasteiger partial charge in [0.15, 0.2) is 5.82 Å². The van der Waals surface area contributed by atoms with Gasteiger partial charge in [0, 0.05) is 25.0 Å². The second-order valence-electron chi connectivity index (χ2n) is 6.37. The molecule has 0 saturated carbocycles. The molecule has 1 aliphatic rings. The van der Waals surface area contributed by atoms with Crippen LogP contribution in [0.25, 0.3) is 5.69 Å². The Morgan fingerprint density at radius 3 is 2.72 bits per heavy atom. The summed E-state index contributed by atoms with van der Waals surface area (Å²) in [6.45, 7) is 5.55. The number of aryl methyl sites for hydroxylation is 1. The Morgan fingerprint density at radius 2 is 2.00 bits per heavy atom. The van der Waals surface area contributed by atoms with Crippen LogP contribution in [0, 0.1) is 6.92 Å². The molecular formula is C18H20N6O. The maximum absolute atomic E-state index is 12.8. The summed E-state index contributed by atoms with van der Waals surface area (Å²) in [7, 11) is 0. The minimum Gasteiger partial charge on any atom is -0.348 e. The number of carbonyl (C=O) groups is 1. The van der Waals surface area contributed by atoms with Gasteiger partial charge in [-0.15, -0.1) is 5.10 Å². The predicted octanol–water partition coefficient (Wildman–Crippen LogP) is 1.92. The fourth-order valence-electron chi connectivity index (χ4n) is 3.42. The first-order valence-corrected chi connectivity index (χ1v) is 8.42. The molecule has 2 aromatic heterocycles. The predicted molar refractivity (Wildman–Crippen MR) is 92.2 cm³/mol. The molecule has 7 nitrogen and oxygen atoms in total. The van der Waals surface area contributed by atoms with E-state index in [1.807, 2.05) is 42.2 Å². The number of hydrogen-bond donors (Lipinski definition) is 0. The second kappa shape index (κ2) is 6.16. The van der Waals surface area contributed by atoms with Crippen molar-refractivity contribution in [2.75, 3.05) is 6.54 Å². The maximum atomic E-state index is 12.8. The first-order chi connectivity index (χ1) is 12.1. The van der Waals surface area contributed by atoms with Gasteiger partial charge in [0.2, 0.25) is 5.91 Å². The lowest BCUT2D eigenvalue weighted by Crippen LogP contribution is -2.41. The summed E-state index contributed by atoms with van der Waals surface area (Å²) in [5.41, 5.74) is 3.08. The van der Waals surface area contributed by atoms with Crippen LogP contribution >= 0.6 is 0 Å². The molecule has 1 unspecified atom stereocenters. The van der Waals surface area contributed by atoms with Crippen LogP contribution in [0.3, 0.4) is 0 Å². The lowest BCUT2D eigenvalue weighted by atomic mass is 10.1. The quantitative estimate of drug-likeness (QED) is 0.733. The van der Waals surface area contributed by atoms with Crippen molar-refractivity contribution in [2.45, 2.75) is 32.9 Å². The van der Waals surface area contributed by atoms with Gasteiger partial charge in [-0.25, -0.2) is 0 Å². The molecule has 1 amide bonds. The van der Waals surface area contributed by atoms with Crippen LogP contribution < -0.4 is 0 Å². The zero-order valence-electron chi connectivity index (χ0n) is 14.3. The average Bonchev–Trinajstić information content (AvgIpc) is 3.25. The van der Waals surface area contributed by atoms with E-state index in [1.54, 1.807) is 4.68 Å². The van der Waals surface area contributed by atoms with Crippen molar-refractivity contribution in [1.82, 2.24) is 29.7 Å². The van der Waals surface area contributed by atoms with Crippen LogP contribution in [0.5, 0.6) is 0 Å². The third kappa shape index (κ3) is 2.82.